The van der Waals surface area contributed by atoms with Crippen molar-refractivity contribution in [2.45, 2.75) is 138 Å². The van der Waals surface area contributed by atoms with Crippen LogP contribution in [0.1, 0.15) is 62.2 Å². The molecule has 338 valence electrons. The van der Waals surface area contributed by atoms with Gasteiger partial charge in [0.25, 0.3) is 0 Å². The third-order valence-corrected chi connectivity index (χ3v) is 11.5. The van der Waals surface area contributed by atoms with E-state index in [0.717, 1.165) is 32.1 Å². The monoisotopic (exact) mass is 885 g/mol. The minimum atomic E-state index is -1.82. The van der Waals surface area contributed by atoms with Crippen LogP contribution < -0.4 is 44.1 Å². The van der Waals surface area contributed by atoms with Gasteiger partial charge in [-0.3, -0.25) is 4.99 Å². The van der Waals surface area contributed by atoms with Crippen LogP contribution in [0.25, 0.3) is 0 Å². The maximum Gasteiger partial charge on any atom is 1.00 e. The number of carboxylic acid groups (broad SMARTS) is 1. The molecule has 1 aliphatic carbocycles. The molecule has 3 aliphatic heterocycles. The van der Waals surface area contributed by atoms with Crippen LogP contribution in [-0.2, 0) is 38.0 Å². The van der Waals surface area contributed by atoms with Gasteiger partial charge < -0.3 is 78.4 Å². The molecule has 6 rings (SSSR count). The summed E-state index contributed by atoms with van der Waals surface area (Å²) in [6.45, 7) is 0.508. The Balaban J connectivity index is 0.00000726. The molecule has 0 amide bonds. The molecule has 6 N–H and O–H groups in total. The number of carbonyl (C=O) groups excluding carboxylic acids is 1. The third kappa shape index (κ3) is 12.2. The van der Waals surface area contributed by atoms with E-state index in [9.17, 15) is 45.3 Å². The topological polar surface area (TPSA) is 274 Å². The maximum atomic E-state index is 14.1. The molecule has 3 saturated heterocycles. The van der Waals surface area contributed by atoms with E-state index < -0.39 is 110 Å². The number of aliphatic hydroxyl groups excluding tert-OH is 5. The summed E-state index contributed by atoms with van der Waals surface area (Å²) in [6, 6.07) is 12.4. The van der Waals surface area contributed by atoms with Crippen LogP contribution in [0.5, 0.6) is 11.5 Å². The summed E-state index contributed by atoms with van der Waals surface area (Å²) >= 11 is 0. The number of carboxylic acids is 1. The molecule has 4 fully saturated rings. The van der Waals surface area contributed by atoms with Crippen LogP contribution in [0.4, 0.5) is 5.69 Å². The number of aliphatic carboxylic acids is 1. The van der Waals surface area contributed by atoms with Crippen molar-refractivity contribution >= 4 is 23.5 Å². The van der Waals surface area contributed by atoms with E-state index >= 15 is 0 Å². The molecule has 2 aromatic rings. The summed E-state index contributed by atoms with van der Waals surface area (Å²) in [5.41, 5.74) is 0.222. The first-order valence-electron chi connectivity index (χ1n) is 20.5. The van der Waals surface area contributed by atoms with Crippen molar-refractivity contribution in [1.82, 2.24) is 0 Å². The first-order chi connectivity index (χ1) is 29.3. The van der Waals surface area contributed by atoms with Crippen molar-refractivity contribution in [1.29, 1.82) is 0 Å². The van der Waals surface area contributed by atoms with Gasteiger partial charge >= 0.3 is 41.5 Å². The number of benzene rings is 2. The summed E-state index contributed by atoms with van der Waals surface area (Å²) in [6.07, 6.45) is -17.2. The van der Waals surface area contributed by atoms with Gasteiger partial charge in [0.15, 0.2) is 24.8 Å². The second kappa shape index (κ2) is 23.3. The average Bonchev–Trinajstić information content (AvgIpc) is 3.27. The molecular weight excluding hydrogens is 829 g/mol. The summed E-state index contributed by atoms with van der Waals surface area (Å²) < 4.78 is 53.2. The molecule has 20 heteroatoms. The van der Waals surface area contributed by atoms with Crippen molar-refractivity contribution in [3.63, 3.8) is 0 Å². The molecule has 62 heavy (non-hydrogen) atoms. The number of aliphatic imine (C=N–C) groups is 1. The van der Waals surface area contributed by atoms with Crippen LogP contribution in [-0.4, -0.2) is 162 Å². The van der Waals surface area contributed by atoms with E-state index in [2.05, 4.69) is 4.99 Å². The largest absolute Gasteiger partial charge is 1.00 e. The average molecular weight is 886 g/mol. The molecule has 19 nitrogen and oxygen atoms in total. The first-order valence-corrected chi connectivity index (χ1v) is 20.5. The Morgan fingerprint density at radius 3 is 2.15 bits per heavy atom. The van der Waals surface area contributed by atoms with Crippen molar-refractivity contribution in [3.8, 4) is 11.5 Å². The number of hydrogen-bond acceptors (Lipinski definition) is 18. The normalized spacial score (nSPS) is 33.7. The van der Waals surface area contributed by atoms with Gasteiger partial charge in [0.2, 0.25) is 0 Å². The van der Waals surface area contributed by atoms with Gasteiger partial charge in [0, 0.05) is 18.2 Å². The number of methoxy groups -OCH3 is 2. The van der Waals surface area contributed by atoms with Crippen LogP contribution in [0.2, 0.25) is 0 Å². The Hall–Kier alpha value is -2.99. The molecule has 0 aromatic heterocycles. The minimum absolute atomic E-state index is 0. The van der Waals surface area contributed by atoms with Crippen LogP contribution >= 0.6 is 0 Å². The zero-order valence-corrected chi connectivity index (χ0v) is 37.2. The zero-order chi connectivity index (χ0) is 43.8. The van der Waals surface area contributed by atoms with Crippen molar-refractivity contribution in [2.24, 2.45) is 10.9 Å². The Morgan fingerprint density at radius 1 is 0.839 bits per heavy atom. The number of ether oxygens (including phenoxy) is 9. The summed E-state index contributed by atoms with van der Waals surface area (Å²) in [5.74, 6) is -2.41. The van der Waals surface area contributed by atoms with Crippen molar-refractivity contribution in [2.75, 3.05) is 27.4 Å². The van der Waals surface area contributed by atoms with Crippen LogP contribution in [0.3, 0.4) is 0 Å². The fourth-order valence-electron chi connectivity index (χ4n) is 8.11. The van der Waals surface area contributed by atoms with E-state index in [1.807, 2.05) is 0 Å². The number of esters is 1. The predicted molar refractivity (Wildman–Crippen MR) is 208 cm³/mol. The Bertz CT molecular complexity index is 1750. The molecule has 4 aliphatic rings. The molecule has 1 saturated carbocycles. The Kier molecular flexibility index (Phi) is 18.8. The number of nitrogens with zero attached hydrogens (tertiary/aromatic N) is 1. The fourth-order valence-corrected chi connectivity index (χ4v) is 8.11. The molecule has 1 unspecified atom stereocenters. The molecule has 2 aromatic carbocycles. The van der Waals surface area contributed by atoms with Gasteiger partial charge in [-0.15, -0.1) is 0 Å². The standard InChI is InChI=1S/C42H57NO18.Na/c1-21-30(45)32(47)33(48)41(56-21)61-34-27(14-15-55-36(34)38(49)43-24-17-25(53-2)19-26(18-24)54-3)58-42-37(60-40(52)23-12-8-5-9-13-23)35(31(46)29(20-44)59-42)57-28(39(50)51)16-22-10-6-4-7-11-22;/h5,8-9,12-13,17-19,21-22,27-37,41-42,44-48H,4,6-7,10-11,14-16,20H2,1-3H3,(H,43,49)(H,50,51);/q;+1/p-1/t21-,27+,28?,29+,30+,31-,32+,33-,34-,35-,36-,37+,41-,42+;/m0./s1. The number of aliphatic hydroxyl groups is 5. The third-order valence-electron chi connectivity index (χ3n) is 11.5. The zero-order valence-electron chi connectivity index (χ0n) is 35.2. The van der Waals surface area contributed by atoms with Gasteiger partial charge in [-0.2, -0.15) is 0 Å². The molecule has 3 heterocycles. The molecule has 0 bridgehead atoms. The Labute approximate surface area is 381 Å². The number of carbonyl (C=O) groups is 2. The van der Waals surface area contributed by atoms with E-state index in [4.69, 9.17) is 42.6 Å². The molecular formula is C42H56NNaO18. The summed E-state index contributed by atoms with van der Waals surface area (Å²) in [7, 11) is 2.84. The summed E-state index contributed by atoms with van der Waals surface area (Å²) in [5, 5.41) is 78.5. The van der Waals surface area contributed by atoms with Crippen LogP contribution in [0.15, 0.2) is 53.5 Å². The maximum absolute atomic E-state index is 14.1. The summed E-state index contributed by atoms with van der Waals surface area (Å²) in [4.78, 5) is 30.6. The van der Waals surface area contributed by atoms with Gasteiger partial charge in [-0.25, -0.2) is 9.59 Å². The second-order valence-electron chi connectivity index (χ2n) is 15.7. The smallest absolute Gasteiger partial charge is 0.860 e. The first kappa shape index (κ1) is 50.0. The quantitative estimate of drug-likeness (QED) is 0.0444. The SMILES string of the molecule is COc1cc(N=C([O-])[C@H]2OCC[C@@H](O[C@@H]3O[C@H](CO)[C@H](O)[C@H](OC(CC4CCCCC4)C(=O)O)[C@H]3OC(=O)c3ccccc3)[C@@H]2O[C@@H]2O[C@@H](C)[C@@H](O)[C@@H](O)[C@@H]2O)cc(OC)c1.[Na+]. The van der Waals surface area contributed by atoms with Gasteiger partial charge in [0.1, 0.15) is 60.3 Å². The van der Waals surface area contributed by atoms with Gasteiger partial charge in [-0.1, -0.05) is 50.3 Å². The van der Waals surface area contributed by atoms with E-state index in [1.54, 1.807) is 24.3 Å². The predicted octanol–water partition coefficient (Wildman–Crippen LogP) is -2.40. The van der Waals surface area contributed by atoms with Crippen molar-refractivity contribution < 1.29 is 118 Å². The fraction of sp³-hybridized carbons (Fsp3) is 0.643. The van der Waals surface area contributed by atoms with E-state index in [1.165, 1.54) is 45.4 Å². The van der Waals surface area contributed by atoms with E-state index in [-0.39, 0.29) is 66.2 Å². The second-order valence-corrected chi connectivity index (χ2v) is 15.7. The molecule has 0 radical (unpaired) electrons. The van der Waals surface area contributed by atoms with Crippen molar-refractivity contribution in [3.05, 3.63) is 54.1 Å². The Morgan fingerprint density at radius 2 is 1.52 bits per heavy atom. The minimum Gasteiger partial charge on any atom is -0.860 e. The molecule has 14 atom stereocenters. The molecule has 0 spiro atoms. The van der Waals surface area contributed by atoms with Gasteiger partial charge in [-0.05, 0) is 43.7 Å². The van der Waals surface area contributed by atoms with Crippen LogP contribution in [0, 0.1) is 5.92 Å². The van der Waals surface area contributed by atoms with E-state index in [0.29, 0.717) is 11.5 Å². The van der Waals surface area contributed by atoms with Gasteiger partial charge in [0.05, 0.1) is 50.9 Å². The number of rotatable bonds is 16. The number of hydrogen-bond donors (Lipinski definition) is 6.